The van der Waals surface area contributed by atoms with Crippen LogP contribution >= 0.6 is 0 Å². The summed E-state index contributed by atoms with van der Waals surface area (Å²) in [7, 11) is 0. The Hall–Kier alpha value is -2.41. The number of piperazine rings is 1. The van der Waals surface area contributed by atoms with Gasteiger partial charge in [0, 0.05) is 44.9 Å². The number of phenols is 1. The summed E-state index contributed by atoms with van der Waals surface area (Å²) in [4.78, 5) is 16.2. The van der Waals surface area contributed by atoms with Gasteiger partial charge in [-0.3, -0.25) is 9.69 Å². The molecule has 7 heteroatoms. The van der Waals surface area contributed by atoms with E-state index >= 15 is 0 Å². The van der Waals surface area contributed by atoms with Crippen molar-refractivity contribution in [3.8, 4) is 5.75 Å². The molecule has 122 valence electrons. The van der Waals surface area contributed by atoms with E-state index in [1.165, 1.54) is 12.1 Å². The number of amides is 1. The quantitative estimate of drug-likeness (QED) is 0.934. The molecule has 0 spiro atoms. The van der Waals surface area contributed by atoms with Crippen molar-refractivity contribution in [2.75, 3.05) is 26.2 Å². The molecule has 0 radical (unpaired) electrons. The second-order valence-electron chi connectivity index (χ2n) is 5.66. The van der Waals surface area contributed by atoms with Gasteiger partial charge in [0.15, 0.2) is 0 Å². The van der Waals surface area contributed by atoms with E-state index in [1.807, 2.05) is 13.0 Å². The zero-order valence-corrected chi connectivity index (χ0v) is 12.8. The fourth-order valence-corrected chi connectivity index (χ4v) is 2.69. The van der Waals surface area contributed by atoms with Gasteiger partial charge in [0.05, 0.1) is 11.3 Å². The maximum Gasteiger partial charge on any atom is 0.257 e. The van der Waals surface area contributed by atoms with Crippen LogP contribution in [0.15, 0.2) is 28.8 Å². The van der Waals surface area contributed by atoms with Crippen molar-refractivity contribution in [3.63, 3.8) is 0 Å². The van der Waals surface area contributed by atoms with E-state index in [4.69, 9.17) is 4.52 Å². The van der Waals surface area contributed by atoms with Gasteiger partial charge in [0.1, 0.15) is 17.3 Å². The number of nitrogens with zero attached hydrogens (tertiary/aromatic N) is 3. The van der Waals surface area contributed by atoms with E-state index in [-0.39, 0.29) is 17.2 Å². The third-order valence-corrected chi connectivity index (χ3v) is 3.91. The summed E-state index contributed by atoms with van der Waals surface area (Å²) in [6, 6.07) is 5.35. The number of carbonyl (C=O) groups excluding carboxylic acids is 1. The zero-order chi connectivity index (χ0) is 16.4. The number of aryl methyl sites for hydroxylation is 1. The highest BCUT2D eigenvalue weighted by Crippen LogP contribution is 2.21. The lowest BCUT2D eigenvalue weighted by Crippen LogP contribution is -2.48. The molecule has 0 aliphatic carbocycles. The average Bonchev–Trinajstić information content (AvgIpc) is 2.92. The molecule has 0 bridgehead atoms. The van der Waals surface area contributed by atoms with E-state index in [2.05, 4.69) is 10.1 Å². The summed E-state index contributed by atoms with van der Waals surface area (Å²) in [6.07, 6.45) is 0. The van der Waals surface area contributed by atoms with Gasteiger partial charge < -0.3 is 14.5 Å². The zero-order valence-electron chi connectivity index (χ0n) is 12.8. The van der Waals surface area contributed by atoms with Gasteiger partial charge in [-0.05, 0) is 19.1 Å². The van der Waals surface area contributed by atoms with Gasteiger partial charge in [0.25, 0.3) is 5.91 Å². The summed E-state index contributed by atoms with van der Waals surface area (Å²) in [5.41, 5.74) is 1.01. The summed E-state index contributed by atoms with van der Waals surface area (Å²) in [5.74, 6) is -0.387. The number of carbonyl (C=O) groups is 1. The second-order valence-corrected chi connectivity index (χ2v) is 5.66. The van der Waals surface area contributed by atoms with Crippen LogP contribution < -0.4 is 0 Å². The summed E-state index contributed by atoms with van der Waals surface area (Å²) in [6.45, 7) is 5.04. The number of aromatic nitrogens is 1. The van der Waals surface area contributed by atoms with Gasteiger partial charge in [-0.25, -0.2) is 4.39 Å². The van der Waals surface area contributed by atoms with E-state index in [1.54, 1.807) is 4.90 Å². The van der Waals surface area contributed by atoms with E-state index in [0.29, 0.717) is 32.7 Å². The van der Waals surface area contributed by atoms with Crippen LogP contribution in [0.3, 0.4) is 0 Å². The maximum atomic E-state index is 13.0. The molecule has 6 nitrogen and oxygen atoms in total. The molecular formula is C16H18FN3O3. The van der Waals surface area contributed by atoms with Crippen molar-refractivity contribution in [2.45, 2.75) is 13.5 Å². The SMILES string of the molecule is Cc1cc(CN2CCN(C(=O)c3ccc(F)cc3O)CC2)no1. The fraction of sp³-hybridized carbons (Fsp3) is 0.375. The number of phenolic OH excluding ortho intramolecular Hbond substituents is 1. The molecular weight excluding hydrogens is 301 g/mol. The molecule has 0 atom stereocenters. The van der Waals surface area contributed by atoms with Crippen LogP contribution in [0.2, 0.25) is 0 Å². The molecule has 0 unspecified atom stereocenters. The molecule has 1 aliphatic heterocycles. The van der Waals surface area contributed by atoms with Crippen molar-refractivity contribution >= 4 is 5.91 Å². The van der Waals surface area contributed by atoms with E-state index < -0.39 is 5.82 Å². The lowest BCUT2D eigenvalue weighted by Gasteiger charge is -2.34. The highest BCUT2D eigenvalue weighted by Gasteiger charge is 2.24. The van der Waals surface area contributed by atoms with Gasteiger partial charge >= 0.3 is 0 Å². The predicted octanol–water partition coefficient (Wildman–Crippen LogP) is 1.79. The van der Waals surface area contributed by atoms with Crippen molar-refractivity contribution < 1.29 is 18.8 Å². The highest BCUT2D eigenvalue weighted by atomic mass is 19.1. The molecule has 3 rings (SSSR count). The molecule has 1 fully saturated rings. The van der Waals surface area contributed by atoms with Gasteiger partial charge in [0.2, 0.25) is 0 Å². The van der Waals surface area contributed by atoms with Gasteiger partial charge in [-0.2, -0.15) is 0 Å². The molecule has 23 heavy (non-hydrogen) atoms. The van der Waals surface area contributed by atoms with Crippen LogP contribution in [0.1, 0.15) is 21.8 Å². The second kappa shape index (κ2) is 6.37. The number of hydrogen-bond acceptors (Lipinski definition) is 5. The molecule has 1 N–H and O–H groups in total. The summed E-state index contributed by atoms with van der Waals surface area (Å²) in [5, 5.41) is 13.7. The van der Waals surface area contributed by atoms with Crippen molar-refractivity contribution in [1.82, 2.24) is 15.0 Å². The standard InChI is InChI=1S/C16H18FN3O3/c1-11-8-13(18-23-11)10-19-4-6-20(7-5-19)16(22)14-3-2-12(17)9-15(14)21/h2-3,8-9,21H,4-7,10H2,1H3. The molecule has 1 aromatic carbocycles. The molecule has 1 aliphatic rings. The minimum Gasteiger partial charge on any atom is -0.507 e. The number of halogens is 1. The molecule has 1 amide bonds. The normalized spacial score (nSPS) is 15.8. The third kappa shape index (κ3) is 3.50. The number of benzene rings is 1. The van der Waals surface area contributed by atoms with E-state index in [9.17, 15) is 14.3 Å². The largest absolute Gasteiger partial charge is 0.507 e. The molecule has 0 saturated carbocycles. The number of hydrogen-bond donors (Lipinski definition) is 1. The first-order valence-electron chi connectivity index (χ1n) is 7.45. The summed E-state index contributed by atoms with van der Waals surface area (Å²) >= 11 is 0. The van der Waals surface area contributed by atoms with E-state index in [0.717, 1.165) is 17.5 Å². The molecule has 1 aromatic heterocycles. The Bertz CT molecular complexity index is 708. The number of aromatic hydroxyl groups is 1. The molecule has 2 aromatic rings. The maximum absolute atomic E-state index is 13.0. The minimum atomic E-state index is -0.563. The number of rotatable bonds is 3. The predicted molar refractivity (Wildman–Crippen MR) is 80.5 cm³/mol. The first-order valence-corrected chi connectivity index (χ1v) is 7.45. The smallest absolute Gasteiger partial charge is 0.257 e. The Morgan fingerprint density at radius 2 is 2.04 bits per heavy atom. The first-order chi connectivity index (χ1) is 11.0. The van der Waals surface area contributed by atoms with Gasteiger partial charge in [-0.1, -0.05) is 5.16 Å². The Labute approximate surface area is 133 Å². The minimum absolute atomic E-state index is 0.131. The highest BCUT2D eigenvalue weighted by molar-refractivity contribution is 5.96. The van der Waals surface area contributed by atoms with Crippen LogP contribution in [0.25, 0.3) is 0 Å². The molecule has 1 saturated heterocycles. The Kier molecular flexibility index (Phi) is 4.29. The first kappa shape index (κ1) is 15.5. The third-order valence-electron chi connectivity index (χ3n) is 3.91. The summed E-state index contributed by atoms with van der Waals surface area (Å²) < 4.78 is 18.1. The van der Waals surface area contributed by atoms with Crippen LogP contribution in [-0.2, 0) is 6.54 Å². The van der Waals surface area contributed by atoms with Crippen molar-refractivity contribution in [2.24, 2.45) is 0 Å². The fourth-order valence-electron chi connectivity index (χ4n) is 2.69. The van der Waals surface area contributed by atoms with Crippen LogP contribution in [0.5, 0.6) is 5.75 Å². The van der Waals surface area contributed by atoms with Crippen LogP contribution in [0, 0.1) is 12.7 Å². The average molecular weight is 319 g/mol. The van der Waals surface area contributed by atoms with Crippen molar-refractivity contribution in [1.29, 1.82) is 0 Å². The van der Waals surface area contributed by atoms with Crippen LogP contribution in [0.4, 0.5) is 4.39 Å². The lowest BCUT2D eigenvalue weighted by molar-refractivity contribution is 0.0622. The lowest BCUT2D eigenvalue weighted by atomic mass is 10.1. The Balaban J connectivity index is 1.59. The van der Waals surface area contributed by atoms with Gasteiger partial charge in [-0.15, -0.1) is 0 Å². The topological polar surface area (TPSA) is 69.8 Å². The Morgan fingerprint density at radius 3 is 2.65 bits per heavy atom. The monoisotopic (exact) mass is 319 g/mol. The Morgan fingerprint density at radius 1 is 1.30 bits per heavy atom. The van der Waals surface area contributed by atoms with Crippen molar-refractivity contribution in [3.05, 3.63) is 47.1 Å². The molecule has 2 heterocycles. The van der Waals surface area contributed by atoms with Crippen LogP contribution in [-0.4, -0.2) is 52.1 Å².